The maximum Gasteiger partial charge on any atom is 0.119 e. The van der Waals surface area contributed by atoms with Crippen molar-refractivity contribution < 1.29 is 9.15 Å². The minimum absolute atomic E-state index is 0.144. The molecule has 1 aromatic heterocycles. The molecule has 3 nitrogen and oxygen atoms in total. The summed E-state index contributed by atoms with van der Waals surface area (Å²) in [6.07, 6.45) is 2.55. The number of nitrogens with two attached hydrogens (primary N) is 1. The predicted molar refractivity (Wildman–Crippen MR) is 71.7 cm³/mol. The summed E-state index contributed by atoms with van der Waals surface area (Å²) in [5, 5.41) is 0. The lowest BCUT2D eigenvalue weighted by atomic mass is 9.99. The summed E-state index contributed by atoms with van der Waals surface area (Å²) in [6, 6.07) is 9.70. The Bertz CT molecular complexity index is 487. The first-order valence-corrected chi connectivity index (χ1v) is 6.30. The van der Waals surface area contributed by atoms with Gasteiger partial charge in [-0.05, 0) is 30.7 Å². The van der Waals surface area contributed by atoms with Crippen molar-refractivity contribution in [2.45, 2.75) is 26.3 Å². The maximum absolute atomic E-state index is 6.26. The first-order valence-electron chi connectivity index (χ1n) is 6.30. The van der Waals surface area contributed by atoms with Crippen molar-refractivity contribution in [3.63, 3.8) is 0 Å². The number of furan rings is 1. The third-order valence-electron chi connectivity index (χ3n) is 2.99. The molecule has 2 N–H and O–H groups in total. The van der Waals surface area contributed by atoms with Crippen molar-refractivity contribution in [2.75, 3.05) is 6.61 Å². The van der Waals surface area contributed by atoms with Gasteiger partial charge in [0.2, 0.25) is 0 Å². The highest BCUT2D eigenvalue weighted by atomic mass is 16.5. The van der Waals surface area contributed by atoms with Crippen LogP contribution in [0, 0.1) is 0 Å². The Morgan fingerprint density at radius 2 is 1.89 bits per heavy atom. The zero-order valence-electron chi connectivity index (χ0n) is 10.8. The van der Waals surface area contributed by atoms with Crippen LogP contribution in [0.1, 0.15) is 36.8 Å². The highest BCUT2D eigenvalue weighted by Crippen LogP contribution is 2.25. The molecule has 0 radical (unpaired) electrons. The first-order chi connectivity index (χ1) is 8.76. The van der Waals surface area contributed by atoms with E-state index in [9.17, 15) is 0 Å². The van der Waals surface area contributed by atoms with Crippen LogP contribution in [0.15, 0.2) is 41.0 Å². The third kappa shape index (κ3) is 2.57. The van der Waals surface area contributed by atoms with Crippen molar-refractivity contribution in [1.82, 2.24) is 0 Å². The number of aryl methyl sites for hydroxylation is 1. The van der Waals surface area contributed by atoms with Crippen molar-refractivity contribution in [3.05, 3.63) is 53.5 Å². The zero-order chi connectivity index (χ0) is 13.0. The smallest absolute Gasteiger partial charge is 0.119 e. The van der Waals surface area contributed by atoms with Gasteiger partial charge in [-0.1, -0.05) is 19.1 Å². The van der Waals surface area contributed by atoms with E-state index >= 15 is 0 Å². The molecule has 0 bridgehead atoms. The molecule has 1 unspecified atom stereocenters. The summed E-state index contributed by atoms with van der Waals surface area (Å²) in [5.41, 5.74) is 8.38. The molecular formula is C15H19NO2. The van der Waals surface area contributed by atoms with Crippen LogP contribution in [0.5, 0.6) is 5.75 Å². The topological polar surface area (TPSA) is 48.4 Å². The van der Waals surface area contributed by atoms with E-state index in [2.05, 4.69) is 6.92 Å². The second-order valence-electron chi connectivity index (χ2n) is 4.13. The molecule has 0 aliphatic carbocycles. The van der Waals surface area contributed by atoms with Crippen LogP contribution < -0.4 is 10.5 Å². The molecule has 1 aromatic carbocycles. The highest BCUT2D eigenvalue weighted by molar-refractivity contribution is 5.36. The largest absolute Gasteiger partial charge is 0.494 e. The van der Waals surface area contributed by atoms with Crippen LogP contribution in [-0.2, 0) is 6.42 Å². The number of hydrogen-bond donors (Lipinski definition) is 1. The minimum atomic E-state index is -0.144. The number of hydrogen-bond acceptors (Lipinski definition) is 3. The second kappa shape index (κ2) is 5.74. The molecule has 96 valence electrons. The van der Waals surface area contributed by atoms with Crippen molar-refractivity contribution in [1.29, 1.82) is 0 Å². The van der Waals surface area contributed by atoms with Crippen molar-refractivity contribution in [3.8, 4) is 5.75 Å². The fourth-order valence-corrected chi connectivity index (χ4v) is 2.03. The quantitative estimate of drug-likeness (QED) is 0.879. The predicted octanol–water partition coefficient (Wildman–Crippen LogP) is 3.29. The highest BCUT2D eigenvalue weighted by Gasteiger charge is 2.14. The lowest BCUT2D eigenvalue weighted by Gasteiger charge is -2.12. The number of benzene rings is 1. The van der Waals surface area contributed by atoms with Gasteiger partial charge in [0, 0.05) is 12.0 Å². The summed E-state index contributed by atoms with van der Waals surface area (Å²) in [6.45, 7) is 4.71. The van der Waals surface area contributed by atoms with Crippen molar-refractivity contribution in [2.24, 2.45) is 5.73 Å². The van der Waals surface area contributed by atoms with Crippen LogP contribution in [0.4, 0.5) is 0 Å². The number of rotatable bonds is 5. The van der Waals surface area contributed by atoms with Gasteiger partial charge < -0.3 is 14.9 Å². The molecule has 0 aliphatic rings. The molecule has 2 rings (SSSR count). The van der Waals surface area contributed by atoms with Gasteiger partial charge in [-0.2, -0.15) is 0 Å². The molecule has 0 aliphatic heterocycles. The minimum Gasteiger partial charge on any atom is -0.494 e. The van der Waals surface area contributed by atoms with Crippen LogP contribution in [0.2, 0.25) is 0 Å². The maximum atomic E-state index is 6.26. The Morgan fingerprint density at radius 3 is 2.50 bits per heavy atom. The average Bonchev–Trinajstić information content (AvgIpc) is 2.87. The van der Waals surface area contributed by atoms with Gasteiger partial charge in [0.05, 0.1) is 18.9 Å². The second-order valence-corrected chi connectivity index (χ2v) is 4.13. The van der Waals surface area contributed by atoms with E-state index in [-0.39, 0.29) is 6.04 Å². The van der Waals surface area contributed by atoms with Crippen LogP contribution in [0.25, 0.3) is 0 Å². The summed E-state index contributed by atoms with van der Waals surface area (Å²) < 4.78 is 10.8. The molecule has 1 heterocycles. The summed E-state index contributed by atoms with van der Waals surface area (Å²) in [4.78, 5) is 0. The van der Waals surface area contributed by atoms with E-state index in [0.29, 0.717) is 6.61 Å². The van der Waals surface area contributed by atoms with Crippen molar-refractivity contribution >= 4 is 0 Å². The summed E-state index contributed by atoms with van der Waals surface area (Å²) in [5.74, 6) is 1.83. The fourth-order valence-electron chi connectivity index (χ4n) is 2.03. The van der Waals surface area contributed by atoms with Gasteiger partial charge in [-0.15, -0.1) is 0 Å². The molecule has 3 heteroatoms. The third-order valence-corrected chi connectivity index (χ3v) is 2.99. The Kier molecular flexibility index (Phi) is 4.05. The average molecular weight is 245 g/mol. The molecule has 0 fully saturated rings. The lowest BCUT2D eigenvalue weighted by Crippen LogP contribution is -2.12. The standard InChI is InChI=1S/C15H19NO2/c1-3-14-13(9-10-18-14)15(16)11-5-7-12(8-6-11)17-4-2/h5-10,15H,3-4,16H2,1-2H3. The molecule has 0 spiro atoms. The Morgan fingerprint density at radius 1 is 1.17 bits per heavy atom. The van der Waals surface area contributed by atoms with E-state index in [0.717, 1.165) is 29.1 Å². The van der Waals surface area contributed by atoms with E-state index in [1.54, 1.807) is 6.26 Å². The van der Waals surface area contributed by atoms with Gasteiger partial charge in [0.25, 0.3) is 0 Å². The molecule has 0 amide bonds. The lowest BCUT2D eigenvalue weighted by molar-refractivity contribution is 0.340. The Labute approximate surface area is 108 Å². The normalized spacial score (nSPS) is 12.4. The molecule has 2 aromatic rings. The van der Waals surface area contributed by atoms with E-state index < -0.39 is 0 Å². The molecular weight excluding hydrogens is 226 g/mol. The Hall–Kier alpha value is -1.74. The van der Waals surface area contributed by atoms with Gasteiger partial charge in [0.1, 0.15) is 11.5 Å². The fraction of sp³-hybridized carbons (Fsp3) is 0.333. The molecule has 18 heavy (non-hydrogen) atoms. The van der Waals surface area contributed by atoms with Crippen LogP contribution in [-0.4, -0.2) is 6.61 Å². The van der Waals surface area contributed by atoms with E-state index in [1.807, 2.05) is 37.3 Å². The van der Waals surface area contributed by atoms with Gasteiger partial charge in [-0.3, -0.25) is 0 Å². The van der Waals surface area contributed by atoms with E-state index in [4.69, 9.17) is 14.9 Å². The molecule has 0 saturated heterocycles. The SMILES string of the molecule is CCOc1ccc(C(N)c2ccoc2CC)cc1. The molecule has 0 saturated carbocycles. The van der Waals surface area contributed by atoms with Gasteiger partial charge in [-0.25, -0.2) is 0 Å². The first kappa shape index (κ1) is 12.7. The number of ether oxygens (including phenoxy) is 1. The van der Waals surface area contributed by atoms with Gasteiger partial charge in [0.15, 0.2) is 0 Å². The zero-order valence-corrected chi connectivity index (χ0v) is 10.8. The van der Waals surface area contributed by atoms with Gasteiger partial charge >= 0.3 is 0 Å². The monoisotopic (exact) mass is 245 g/mol. The summed E-state index contributed by atoms with van der Waals surface area (Å²) in [7, 11) is 0. The van der Waals surface area contributed by atoms with Crippen LogP contribution >= 0.6 is 0 Å². The summed E-state index contributed by atoms with van der Waals surface area (Å²) >= 11 is 0. The Balaban J connectivity index is 2.20. The molecule has 1 atom stereocenters. The van der Waals surface area contributed by atoms with Crippen LogP contribution in [0.3, 0.4) is 0 Å². The van der Waals surface area contributed by atoms with E-state index in [1.165, 1.54) is 0 Å².